The summed E-state index contributed by atoms with van der Waals surface area (Å²) in [7, 11) is 0. The Labute approximate surface area is 142 Å². The van der Waals surface area contributed by atoms with Crippen LogP contribution in [0.3, 0.4) is 0 Å². The molecule has 0 unspecified atom stereocenters. The van der Waals surface area contributed by atoms with Gasteiger partial charge in [0.05, 0.1) is 23.1 Å². The van der Waals surface area contributed by atoms with E-state index in [4.69, 9.17) is 0 Å². The number of piperidine rings is 1. The Bertz CT molecular complexity index is 743. The number of anilines is 2. The lowest BCUT2D eigenvalue weighted by atomic mass is 10.1. The lowest BCUT2D eigenvalue weighted by molar-refractivity contribution is -0.137. The largest absolute Gasteiger partial charge is 0.416 e. The molecule has 1 aromatic carbocycles. The van der Waals surface area contributed by atoms with Gasteiger partial charge in [-0.2, -0.15) is 13.2 Å². The number of rotatable bonds is 3. The number of aromatic nitrogens is 2. The number of benzene rings is 1. The maximum atomic E-state index is 13.1. The third-order valence-electron chi connectivity index (χ3n) is 4.06. The van der Waals surface area contributed by atoms with Gasteiger partial charge in [-0.25, -0.2) is 4.98 Å². The zero-order valence-electron chi connectivity index (χ0n) is 13.4. The topological polar surface area (TPSA) is 58.1 Å². The van der Waals surface area contributed by atoms with Crippen LogP contribution in [0.4, 0.5) is 24.5 Å². The van der Waals surface area contributed by atoms with E-state index in [-0.39, 0.29) is 11.4 Å². The molecule has 2 aromatic rings. The Morgan fingerprint density at radius 1 is 1.12 bits per heavy atom. The van der Waals surface area contributed by atoms with Gasteiger partial charge in [0.1, 0.15) is 5.69 Å². The standard InChI is InChI=1S/C17H17F3N4O/c18-17(19,20)12-4-5-15(24-8-2-1-3-9-24)13(10-12)23-16(25)14-11-21-6-7-22-14/h4-7,10-11H,1-3,8-9H2,(H,23,25). The Kier molecular flexibility index (Phi) is 4.87. The second-order valence-corrected chi connectivity index (χ2v) is 5.82. The minimum Gasteiger partial charge on any atom is -0.370 e. The summed E-state index contributed by atoms with van der Waals surface area (Å²) < 4.78 is 39.2. The van der Waals surface area contributed by atoms with Gasteiger partial charge < -0.3 is 10.2 Å². The van der Waals surface area contributed by atoms with Crippen LogP contribution in [0.2, 0.25) is 0 Å². The molecule has 0 spiro atoms. The molecule has 1 N–H and O–H groups in total. The molecule has 132 valence electrons. The van der Waals surface area contributed by atoms with Gasteiger partial charge in [-0.3, -0.25) is 9.78 Å². The van der Waals surface area contributed by atoms with Crippen LogP contribution in [0.15, 0.2) is 36.8 Å². The van der Waals surface area contributed by atoms with Crippen LogP contribution in [0.5, 0.6) is 0 Å². The maximum Gasteiger partial charge on any atom is 0.416 e. The molecule has 0 saturated carbocycles. The van der Waals surface area contributed by atoms with E-state index in [9.17, 15) is 18.0 Å². The number of hydrogen-bond acceptors (Lipinski definition) is 4. The van der Waals surface area contributed by atoms with Crippen molar-refractivity contribution in [1.29, 1.82) is 0 Å². The van der Waals surface area contributed by atoms with Crippen LogP contribution in [0.25, 0.3) is 0 Å². The van der Waals surface area contributed by atoms with Gasteiger partial charge in [-0.15, -0.1) is 0 Å². The van der Waals surface area contributed by atoms with E-state index in [1.165, 1.54) is 24.7 Å². The minimum atomic E-state index is -4.48. The normalized spacial score (nSPS) is 15.1. The zero-order chi connectivity index (χ0) is 17.9. The average molecular weight is 350 g/mol. The number of carbonyl (C=O) groups is 1. The molecule has 0 radical (unpaired) electrons. The highest BCUT2D eigenvalue weighted by Gasteiger charge is 2.32. The molecule has 8 heteroatoms. The molecular formula is C17H17F3N4O. The smallest absolute Gasteiger partial charge is 0.370 e. The summed E-state index contributed by atoms with van der Waals surface area (Å²) in [4.78, 5) is 22.0. The number of amides is 1. The molecule has 1 saturated heterocycles. The molecule has 2 heterocycles. The van der Waals surface area contributed by atoms with E-state index in [1.54, 1.807) is 0 Å². The Balaban J connectivity index is 1.94. The van der Waals surface area contributed by atoms with Crippen LogP contribution in [-0.2, 0) is 6.18 Å². The Hall–Kier alpha value is -2.64. The molecule has 1 aromatic heterocycles. The van der Waals surface area contributed by atoms with E-state index in [0.29, 0.717) is 5.69 Å². The highest BCUT2D eigenvalue weighted by molar-refractivity contribution is 6.04. The lowest BCUT2D eigenvalue weighted by Gasteiger charge is -2.31. The first-order valence-corrected chi connectivity index (χ1v) is 7.99. The number of carbonyl (C=O) groups excluding carboxylic acids is 1. The van der Waals surface area contributed by atoms with Crippen LogP contribution < -0.4 is 10.2 Å². The molecule has 3 rings (SSSR count). The summed E-state index contributed by atoms with van der Waals surface area (Å²) in [6.07, 6.45) is 2.60. The summed E-state index contributed by atoms with van der Waals surface area (Å²) in [6.45, 7) is 1.50. The fourth-order valence-electron chi connectivity index (χ4n) is 2.83. The fraction of sp³-hybridized carbons (Fsp3) is 0.353. The molecule has 0 atom stereocenters. The first-order chi connectivity index (χ1) is 11.9. The Morgan fingerprint density at radius 2 is 1.88 bits per heavy atom. The monoisotopic (exact) mass is 350 g/mol. The molecule has 0 aliphatic carbocycles. The molecular weight excluding hydrogens is 333 g/mol. The van der Waals surface area contributed by atoms with Crippen molar-refractivity contribution in [2.75, 3.05) is 23.3 Å². The number of nitrogens with one attached hydrogen (secondary N) is 1. The van der Waals surface area contributed by atoms with Crippen molar-refractivity contribution in [2.24, 2.45) is 0 Å². The number of alkyl halides is 3. The van der Waals surface area contributed by atoms with Crippen molar-refractivity contribution < 1.29 is 18.0 Å². The predicted octanol–water partition coefficient (Wildman–Crippen LogP) is 3.74. The van der Waals surface area contributed by atoms with Crippen LogP contribution in [-0.4, -0.2) is 29.0 Å². The quantitative estimate of drug-likeness (QED) is 0.916. The van der Waals surface area contributed by atoms with Crippen molar-refractivity contribution in [3.63, 3.8) is 0 Å². The summed E-state index contributed by atoms with van der Waals surface area (Å²) in [5.41, 5.74) is -0.0375. The van der Waals surface area contributed by atoms with Crippen molar-refractivity contribution in [3.05, 3.63) is 48.0 Å². The van der Waals surface area contributed by atoms with E-state index >= 15 is 0 Å². The first kappa shape index (κ1) is 17.2. The highest BCUT2D eigenvalue weighted by Crippen LogP contribution is 2.36. The fourth-order valence-corrected chi connectivity index (χ4v) is 2.83. The van der Waals surface area contributed by atoms with Gasteiger partial charge in [-0.1, -0.05) is 0 Å². The number of halogens is 3. The highest BCUT2D eigenvalue weighted by atomic mass is 19.4. The Morgan fingerprint density at radius 3 is 2.52 bits per heavy atom. The molecule has 25 heavy (non-hydrogen) atoms. The summed E-state index contributed by atoms with van der Waals surface area (Å²) in [6, 6.07) is 3.43. The van der Waals surface area contributed by atoms with Gasteiger partial charge in [0.2, 0.25) is 0 Å². The summed E-state index contributed by atoms with van der Waals surface area (Å²) in [5, 5.41) is 2.55. The van der Waals surface area contributed by atoms with Gasteiger partial charge in [0.15, 0.2) is 0 Å². The molecule has 1 aliphatic rings. The van der Waals surface area contributed by atoms with Gasteiger partial charge in [0.25, 0.3) is 5.91 Å². The van der Waals surface area contributed by atoms with Gasteiger partial charge in [-0.05, 0) is 37.5 Å². The predicted molar refractivity (Wildman–Crippen MR) is 87.5 cm³/mol. The van der Waals surface area contributed by atoms with Crippen LogP contribution >= 0.6 is 0 Å². The van der Waals surface area contributed by atoms with E-state index < -0.39 is 17.6 Å². The van der Waals surface area contributed by atoms with E-state index in [1.807, 2.05) is 4.90 Å². The molecule has 1 amide bonds. The summed E-state index contributed by atoms with van der Waals surface area (Å²) in [5.74, 6) is -0.592. The van der Waals surface area contributed by atoms with E-state index in [2.05, 4.69) is 15.3 Å². The van der Waals surface area contributed by atoms with Crippen molar-refractivity contribution >= 4 is 17.3 Å². The maximum absolute atomic E-state index is 13.1. The zero-order valence-corrected chi connectivity index (χ0v) is 13.4. The number of hydrogen-bond donors (Lipinski definition) is 1. The van der Waals surface area contributed by atoms with Crippen molar-refractivity contribution in [1.82, 2.24) is 9.97 Å². The minimum absolute atomic E-state index is 0.0458. The molecule has 5 nitrogen and oxygen atoms in total. The molecule has 1 aliphatic heterocycles. The van der Waals surface area contributed by atoms with Crippen molar-refractivity contribution in [3.8, 4) is 0 Å². The second-order valence-electron chi connectivity index (χ2n) is 5.82. The first-order valence-electron chi connectivity index (χ1n) is 7.99. The molecule has 0 bridgehead atoms. The third kappa shape index (κ3) is 4.07. The third-order valence-corrected chi connectivity index (χ3v) is 4.06. The van der Waals surface area contributed by atoms with Gasteiger partial charge >= 0.3 is 6.18 Å². The average Bonchev–Trinajstić information content (AvgIpc) is 2.62. The van der Waals surface area contributed by atoms with Crippen LogP contribution in [0, 0.1) is 0 Å². The van der Waals surface area contributed by atoms with E-state index in [0.717, 1.165) is 44.5 Å². The SMILES string of the molecule is O=C(Nc1cc(C(F)(F)F)ccc1N1CCCCC1)c1cnccn1. The van der Waals surface area contributed by atoms with Crippen LogP contribution in [0.1, 0.15) is 35.3 Å². The molecule has 1 fully saturated rings. The number of nitrogens with zero attached hydrogens (tertiary/aromatic N) is 3. The lowest BCUT2D eigenvalue weighted by Crippen LogP contribution is -2.30. The van der Waals surface area contributed by atoms with Gasteiger partial charge in [0, 0.05) is 25.5 Å². The second kappa shape index (κ2) is 7.08. The van der Waals surface area contributed by atoms with Crippen molar-refractivity contribution in [2.45, 2.75) is 25.4 Å². The summed E-state index contributed by atoms with van der Waals surface area (Å²) >= 11 is 0.